The van der Waals surface area contributed by atoms with Crippen LogP contribution in [0.4, 0.5) is 0 Å². The Labute approximate surface area is 148 Å². The van der Waals surface area contributed by atoms with Crippen LogP contribution in [0.3, 0.4) is 0 Å². The third kappa shape index (κ3) is 7.67. The van der Waals surface area contributed by atoms with Crippen LogP contribution in [-0.2, 0) is 0 Å². The highest BCUT2D eigenvalue weighted by molar-refractivity contribution is 5.79. The summed E-state index contributed by atoms with van der Waals surface area (Å²) in [5, 5.41) is 6.89. The predicted octanol–water partition coefficient (Wildman–Crippen LogP) is 2.07. The first-order valence-electron chi connectivity index (χ1n) is 9.81. The van der Waals surface area contributed by atoms with Gasteiger partial charge in [0.05, 0.1) is 0 Å². The Bertz CT molecular complexity index is 397. The third-order valence-electron chi connectivity index (χ3n) is 5.14. The van der Waals surface area contributed by atoms with Gasteiger partial charge < -0.3 is 20.4 Å². The standard InChI is InChI=1S/C19H37N5/c1-20-19(22-12-10-18-8-4-3-5-9-18)21-11-6-7-13-24-16-14-23(2)15-17-24/h8H,3-7,9-17H2,1-2H3,(H2,20,21,22). The highest BCUT2D eigenvalue weighted by Gasteiger charge is 2.12. The summed E-state index contributed by atoms with van der Waals surface area (Å²) in [6.45, 7) is 8.11. The first kappa shape index (κ1) is 19.3. The van der Waals surface area contributed by atoms with Gasteiger partial charge in [0.25, 0.3) is 0 Å². The second-order valence-electron chi connectivity index (χ2n) is 7.14. The molecule has 0 saturated carbocycles. The molecule has 0 unspecified atom stereocenters. The molecule has 0 atom stereocenters. The molecular formula is C19H37N5. The molecule has 0 amide bonds. The van der Waals surface area contributed by atoms with Crippen LogP contribution in [0, 0.1) is 0 Å². The Morgan fingerprint density at radius 3 is 2.58 bits per heavy atom. The first-order chi connectivity index (χ1) is 11.8. The van der Waals surface area contributed by atoms with E-state index in [2.05, 4.69) is 38.5 Å². The van der Waals surface area contributed by atoms with E-state index >= 15 is 0 Å². The fourth-order valence-corrected chi connectivity index (χ4v) is 3.43. The molecule has 1 heterocycles. The van der Waals surface area contributed by atoms with Crippen molar-refractivity contribution >= 4 is 5.96 Å². The molecule has 0 radical (unpaired) electrons. The van der Waals surface area contributed by atoms with Gasteiger partial charge in [0.2, 0.25) is 0 Å². The predicted molar refractivity (Wildman–Crippen MR) is 104 cm³/mol. The summed E-state index contributed by atoms with van der Waals surface area (Å²) in [6.07, 6.45) is 11.4. The van der Waals surface area contributed by atoms with E-state index in [0.717, 1.165) is 25.5 Å². The van der Waals surface area contributed by atoms with Crippen molar-refractivity contribution in [3.05, 3.63) is 11.6 Å². The Kier molecular flexibility index (Phi) is 9.21. The molecule has 0 aromatic heterocycles. The van der Waals surface area contributed by atoms with E-state index in [4.69, 9.17) is 0 Å². The van der Waals surface area contributed by atoms with Gasteiger partial charge in [-0.1, -0.05) is 11.6 Å². The van der Waals surface area contributed by atoms with Gasteiger partial charge in [-0.2, -0.15) is 0 Å². The van der Waals surface area contributed by atoms with Crippen molar-refractivity contribution in [2.75, 3.05) is 59.9 Å². The molecule has 5 nitrogen and oxygen atoms in total. The van der Waals surface area contributed by atoms with Crippen LogP contribution in [0.1, 0.15) is 44.9 Å². The van der Waals surface area contributed by atoms with Gasteiger partial charge in [-0.05, 0) is 58.5 Å². The van der Waals surface area contributed by atoms with Gasteiger partial charge in [-0.15, -0.1) is 0 Å². The van der Waals surface area contributed by atoms with E-state index in [0.29, 0.717) is 0 Å². The summed E-state index contributed by atoms with van der Waals surface area (Å²) in [7, 11) is 4.07. The van der Waals surface area contributed by atoms with E-state index in [-0.39, 0.29) is 0 Å². The lowest BCUT2D eigenvalue weighted by molar-refractivity contribution is 0.152. The van der Waals surface area contributed by atoms with Crippen molar-refractivity contribution in [3.8, 4) is 0 Å². The van der Waals surface area contributed by atoms with Gasteiger partial charge in [0.1, 0.15) is 0 Å². The Morgan fingerprint density at radius 2 is 1.88 bits per heavy atom. The van der Waals surface area contributed by atoms with E-state index < -0.39 is 0 Å². The van der Waals surface area contributed by atoms with Crippen LogP contribution in [0.15, 0.2) is 16.6 Å². The number of nitrogens with zero attached hydrogens (tertiary/aromatic N) is 3. The van der Waals surface area contributed by atoms with E-state index in [1.54, 1.807) is 5.57 Å². The van der Waals surface area contributed by atoms with Gasteiger partial charge >= 0.3 is 0 Å². The molecule has 1 saturated heterocycles. The molecule has 0 aromatic rings. The minimum Gasteiger partial charge on any atom is -0.356 e. The Morgan fingerprint density at radius 1 is 1.08 bits per heavy atom. The average Bonchev–Trinajstić information content (AvgIpc) is 2.62. The van der Waals surface area contributed by atoms with Crippen LogP contribution in [0.25, 0.3) is 0 Å². The van der Waals surface area contributed by atoms with Crippen molar-refractivity contribution in [1.82, 2.24) is 20.4 Å². The van der Waals surface area contributed by atoms with Gasteiger partial charge in [-0.25, -0.2) is 0 Å². The molecule has 1 aliphatic heterocycles. The van der Waals surface area contributed by atoms with Gasteiger partial charge in [-0.3, -0.25) is 4.99 Å². The minimum absolute atomic E-state index is 0.950. The lowest BCUT2D eigenvalue weighted by Gasteiger charge is -2.32. The molecule has 5 heteroatoms. The number of allylic oxidation sites excluding steroid dienone is 1. The van der Waals surface area contributed by atoms with Crippen LogP contribution >= 0.6 is 0 Å². The van der Waals surface area contributed by atoms with Gasteiger partial charge in [0.15, 0.2) is 5.96 Å². The van der Waals surface area contributed by atoms with Crippen molar-refractivity contribution < 1.29 is 0 Å². The molecule has 2 N–H and O–H groups in total. The summed E-state index contributed by atoms with van der Waals surface area (Å²) in [4.78, 5) is 9.33. The molecule has 0 spiro atoms. The summed E-state index contributed by atoms with van der Waals surface area (Å²) < 4.78 is 0. The number of likely N-dealkylation sites (N-methyl/N-ethyl adjacent to an activating group) is 1. The second kappa shape index (κ2) is 11.5. The van der Waals surface area contributed by atoms with Crippen molar-refractivity contribution in [2.24, 2.45) is 4.99 Å². The quantitative estimate of drug-likeness (QED) is 0.308. The summed E-state index contributed by atoms with van der Waals surface area (Å²) in [5.74, 6) is 0.950. The number of guanidine groups is 1. The highest BCUT2D eigenvalue weighted by Crippen LogP contribution is 2.19. The molecular weight excluding hydrogens is 298 g/mol. The summed E-state index contributed by atoms with van der Waals surface area (Å²) in [5.41, 5.74) is 1.62. The largest absolute Gasteiger partial charge is 0.356 e. The number of nitrogens with one attached hydrogen (secondary N) is 2. The molecule has 1 aliphatic carbocycles. The minimum atomic E-state index is 0.950. The molecule has 138 valence electrons. The fraction of sp³-hybridized carbons (Fsp3) is 0.842. The maximum Gasteiger partial charge on any atom is 0.190 e. The number of hydrogen-bond acceptors (Lipinski definition) is 3. The maximum atomic E-state index is 4.33. The van der Waals surface area contributed by atoms with E-state index in [1.807, 2.05) is 7.05 Å². The Hall–Kier alpha value is -1.07. The fourth-order valence-electron chi connectivity index (χ4n) is 3.43. The van der Waals surface area contributed by atoms with E-state index in [9.17, 15) is 0 Å². The SMILES string of the molecule is CN=C(NCCCCN1CCN(C)CC1)NCCC1=CCCCC1. The topological polar surface area (TPSA) is 42.9 Å². The first-order valence-corrected chi connectivity index (χ1v) is 9.81. The summed E-state index contributed by atoms with van der Waals surface area (Å²) >= 11 is 0. The molecule has 0 aromatic carbocycles. The zero-order valence-corrected chi connectivity index (χ0v) is 15.8. The third-order valence-corrected chi connectivity index (χ3v) is 5.14. The second-order valence-corrected chi connectivity index (χ2v) is 7.14. The Balaban J connectivity index is 1.48. The lowest BCUT2D eigenvalue weighted by Crippen LogP contribution is -2.44. The van der Waals surface area contributed by atoms with Crippen LogP contribution in [0.2, 0.25) is 0 Å². The monoisotopic (exact) mass is 335 g/mol. The molecule has 0 bridgehead atoms. The molecule has 1 fully saturated rings. The van der Waals surface area contributed by atoms with Crippen molar-refractivity contribution in [2.45, 2.75) is 44.9 Å². The number of unbranched alkanes of at least 4 members (excludes halogenated alkanes) is 1. The van der Waals surface area contributed by atoms with E-state index in [1.165, 1.54) is 71.2 Å². The molecule has 2 aliphatic rings. The number of hydrogen-bond donors (Lipinski definition) is 2. The molecule has 24 heavy (non-hydrogen) atoms. The lowest BCUT2D eigenvalue weighted by atomic mass is 9.97. The average molecular weight is 336 g/mol. The number of piperazine rings is 1. The van der Waals surface area contributed by atoms with Crippen LogP contribution in [-0.4, -0.2) is 75.7 Å². The zero-order valence-electron chi connectivity index (χ0n) is 15.8. The highest BCUT2D eigenvalue weighted by atomic mass is 15.2. The van der Waals surface area contributed by atoms with Gasteiger partial charge in [0, 0.05) is 46.3 Å². The van der Waals surface area contributed by atoms with Crippen molar-refractivity contribution in [3.63, 3.8) is 0 Å². The van der Waals surface area contributed by atoms with Crippen molar-refractivity contribution in [1.29, 1.82) is 0 Å². The summed E-state index contributed by atoms with van der Waals surface area (Å²) in [6, 6.07) is 0. The number of rotatable bonds is 8. The zero-order chi connectivity index (χ0) is 17.0. The normalized spacial score (nSPS) is 20.8. The van der Waals surface area contributed by atoms with Crippen LogP contribution < -0.4 is 10.6 Å². The number of aliphatic imine (C=N–C) groups is 1. The van der Waals surface area contributed by atoms with Crippen LogP contribution in [0.5, 0.6) is 0 Å². The smallest absolute Gasteiger partial charge is 0.190 e. The molecule has 2 rings (SSSR count). The maximum absolute atomic E-state index is 4.33.